The quantitative estimate of drug-likeness (QED) is 0.0480. The minimum atomic E-state index is -2.40. The first-order valence-corrected chi connectivity index (χ1v) is 27.7. The molecule has 0 fully saturated rings. The maximum absolute atomic E-state index is 5.67. The molecule has 0 rings (SSSR count). The predicted molar refractivity (Wildman–Crippen MR) is 222 cm³/mol. The Kier molecular flexibility index (Phi) is 45.7. The van der Waals surface area contributed by atoms with Crippen molar-refractivity contribution in [3.63, 3.8) is 0 Å². The van der Waals surface area contributed by atoms with Gasteiger partial charge in [-0.25, -0.2) is 0 Å². The Balaban J connectivity index is -0.000000278. The Labute approximate surface area is 322 Å². The van der Waals surface area contributed by atoms with Crippen molar-refractivity contribution in [1.29, 1.82) is 0 Å². The highest BCUT2D eigenvalue weighted by atomic mass is 32.1. The van der Waals surface area contributed by atoms with Crippen LogP contribution >= 0.6 is 37.9 Å². The molecule has 0 aliphatic heterocycles. The van der Waals surface area contributed by atoms with Gasteiger partial charge in [0.2, 0.25) is 0 Å². The Morgan fingerprint density at radius 1 is 0.408 bits per heavy atom. The van der Waals surface area contributed by atoms with E-state index >= 15 is 0 Å². The molecule has 0 aliphatic rings. The van der Waals surface area contributed by atoms with E-state index in [4.69, 9.17) is 54.4 Å². The second kappa shape index (κ2) is 39.1. The van der Waals surface area contributed by atoms with Gasteiger partial charge in [-0.1, -0.05) is 0 Å². The molecule has 0 heterocycles. The third-order valence-electron chi connectivity index (χ3n) is 6.74. The summed E-state index contributed by atoms with van der Waals surface area (Å²) in [4.78, 5) is 0. The summed E-state index contributed by atoms with van der Waals surface area (Å²) in [5, 5.41) is 0. The second-order valence-electron chi connectivity index (χ2n) is 10.2. The SMILES string of the molecule is CCO[Si](CCCN)(OCC)OCC.CCO[Si](CCCS)(OCC)OCC.CO[Si](C)(CCCS)OC.CO[Si](CCCS)(OC)OC. The molecule has 0 amide bonds. The Morgan fingerprint density at radius 3 is 0.898 bits per heavy atom. The Morgan fingerprint density at radius 2 is 0.673 bits per heavy atom. The van der Waals surface area contributed by atoms with Crippen LogP contribution in [-0.2, 0) is 48.7 Å². The van der Waals surface area contributed by atoms with Crippen LogP contribution < -0.4 is 5.73 Å². The van der Waals surface area contributed by atoms with Crippen molar-refractivity contribution >= 4 is 72.9 Å². The minimum Gasteiger partial charge on any atom is -0.398 e. The van der Waals surface area contributed by atoms with E-state index < -0.39 is 35.0 Å². The van der Waals surface area contributed by atoms with E-state index in [2.05, 4.69) is 44.4 Å². The minimum absolute atomic E-state index is 0.636. The van der Waals surface area contributed by atoms with E-state index in [1.54, 1.807) is 35.5 Å². The van der Waals surface area contributed by atoms with Crippen molar-refractivity contribution in [2.45, 2.75) is 97.9 Å². The second-order valence-corrected chi connectivity index (χ2v) is 23.7. The molecule has 0 atom stereocenters. The van der Waals surface area contributed by atoms with Crippen molar-refractivity contribution < 1.29 is 48.7 Å². The van der Waals surface area contributed by atoms with Gasteiger partial charge in [0.15, 0.2) is 0 Å². The van der Waals surface area contributed by atoms with Crippen molar-refractivity contribution in [2.24, 2.45) is 5.73 Å². The molecule has 49 heavy (non-hydrogen) atoms. The van der Waals surface area contributed by atoms with Gasteiger partial charge >= 0.3 is 35.0 Å². The highest BCUT2D eigenvalue weighted by Gasteiger charge is 2.40. The van der Waals surface area contributed by atoms with E-state index in [1.807, 2.05) is 41.5 Å². The van der Waals surface area contributed by atoms with Crippen LogP contribution in [0.25, 0.3) is 0 Å². The highest BCUT2D eigenvalue weighted by Crippen LogP contribution is 2.19. The van der Waals surface area contributed by atoms with Crippen molar-refractivity contribution in [3.05, 3.63) is 0 Å². The molecule has 0 spiro atoms. The maximum Gasteiger partial charge on any atom is 0.500 e. The fourth-order valence-corrected chi connectivity index (χ4v) is 13.9. The van der Waals surface area contributed by atoms with Crippen LogP contribution in [0.3, 0.4) is 0 Å². The average molecular weight is 836 g/mol. The molecule has 0 aromatic rings. The van der Waals surface area contributed by atoms with Gasteiger partial charge in [0.1, 0.15) is 0 Å². The van der Waals surface area contributed by atoms with E-state index in [0.717, 1.165) is 67.1 Å². The molecular formula is C30H77NO11S3Si4. The number of thiol groups is 3. The smallest absolute Gasteiger partial charge is 0.398 e. The molecule has 0 aliphatic carbocycles. The van der Waals surface area contributed by atoms with Crippen molar-refractivity contribution in [1.82, 2.24) is 0 Å². The summed E-state index contributed by atoms with van der Waals surface area (Å²) in [5.74, 6) is 2.60. The Hall–Kier alpha value is 1.44. The number of hydrogen-bond donors (Lipinski definition) is 4. The number of nitrogens with two attached hydrogens (primary N) is 1. The van der Waals surface area contributed by atoms with Gasteiger partial charge < -0.3 is 54.4 Å². The summed E-state index contributed by atoms with van der Waals surface area (Å²) < 4.78 is 60.1. The molecule has 0 unspecified atom stereocenters. The van der Waals surface area contributed by atoms with Crippen LogP contribution in [0, 0.1) is 0 Å². The fourth-order valence-electron chi connectivity index (χ4n) is 4.16. The lowest BCUT2D eigenvalue weighted by atomic mass is 10.5. The van der Waals surface area contributed by atoms with Gasteiger partial charge in [0.05, 0.1) is 0 Å². The van der Waals surface area contributed by atoms with Crippen molar-refractivity contribution in [2.75, 3.05) is 99.0 Å². The summed E-state index contributed by atoms with van der Waals surface area (Å²) in [7, 11) is -0.515. The largest absolute Gasteiger partial charge is 0.500 e. The van der Waals surface area contributed by atoms with Crippen LogP contribution in [0.5, 0.6) is 0 Å². The van der Waals surface area contributed by atoms with Gasteiger partial charge in [-0.15, -0.1) is 0 Å². The monoisotopic (exact) mass is 835 g/mol. The predicted octanol–water partition coefficient (Wildman–Crippen LogP) is 6.59. The Bertz CT molecular complexity index is 596. The molecule has 0 aromatic carbocycles. The number of rotatable bonds is 29. The normalized spacial score (nSPS) is 12.0. The standard InChI is InChI=1S/C9H23NO3Si.C9H22O3SSi.C6H16O3SSi.C6H16O2SSi/c1-4-11-14(12-5-2,13-6-3)9-7-8-10;1-4-10-14(11-5-2,12-6-3)9-7-8-13;1-7-11(8-2,9-3)6-4-5-10;1-7-10(3,8-2)6-4-5-9/h4-10H2,1-3H3;13H,4-9H2,1-3H3;10H,4-6H2,1-3H3;9H,4-6H2,1-3H3. The first-order valence-electron chi connectivity index (χ1n) is 17.5. The van der Waals surface area contributed by atoms with Gasteiger partial charge in [-0.3, -0.25) is 0 Å². The molecule has 0 bridgehead atoms. The zero-order chi connectivity index (χ0) is 38.5. The average Bonchev–Trinajstić information content (AvgIpc) is 3.11. The molecular weight excluding hydrogens is 759 g/mol. The molecule has 0 radical (unpaired) electrons. The molecule has 0 aromatic heterocycles. The topological polar surface area (TPSA) is 128 Å². The van der Waals surface area contributed by atoms with Gasteiger partial charge in [0, 0.05) is 93.3 Å². The van der Waals surface area contributed by atoms with Crippen LogP contribution in [0.4, 0.5) is 0 Å². The molecule has 302 valence electrons. The molecule has 0 saturated heterocycles. The lowest BCUT2D eigenvalue weighted by molar-refractivity contribution is 0.0703. The lowest BCUT2D eigenvalue weighted by Gasteiger charge is -2.28. The summed E-state index contributed by atoms with van der Waals surface area (Å²) in [6, 6.07) is 3.55. The zero-order valence-corrected chi connectivity index (χ0v) is 39.8. The van der Waals surface area contributed by atoms with Crippen LogP contribution in [0.2, 0.25) is 30.7 Å². The summed E-state index contributed by atoms with van der Waals surface area (Å²) in [6.07, 6.45) is 3.92. The van der Waals surface area contributed by atoms with E-state index in [-0.39, 0.29) is 0 Å². The molecule has 0 saturated carbocycles. The van der Waals surface area contributed by atoms with Gasteiger partial charge in [-0.2, -0.15) is 37.9 Å². The third-order valence-corrected chi connectivity index (χ3v) is 19.8. The van der Waals surface area contributed by atoms with Crippen molar-refractivity contribution in [3.8, 4) is 0 Å². The van der Waals surface area contributed by atoms with Crippen LogP contribution in [0.15, 0.2) is 0 Å². The van der Waals surface area contributed by atoms with Gasteiger partial charge in [0.25, 0.3) is 0 Å². The van der Waals surface area contributed by atoms with Gasteiger partial charge in [-0.05, 0) is 104 Å². The first-order chi connectivity index (χ1) is 23.4. The summed E-state index contributed by atoms with van der Waals surface area (Å²) in [6.45, 7) is 18.4. The van der Waals surface area contributed by atoms with E-state index in [9.17, 15) is 0 Å². The first kappa shape index (κ1) is 57.2. The number of hydrogen-bond acceptors (Lipinski definition) is 15. The molecule has 2 N–H and O–H groups in total. The fraction of sp³-hybridized carbons (Fsp3) is 1.00. The molecule has 19 heteroatoms. The van der Waals surface area contributed by atoms with E-state index in [1.165, 1.54) is 0 Å². The third kappa shape index (κ3) is 30.5. The van der Waals surface area contributed by atoms with Crippen LogP contribution in [0.1, 0.15) is 67.2 Å². The summed E-state index contributed by atoms with van der Waals surface area (Å²) in [5.41, 5.74) is 5.48. The molecule has 12 nitrogen and oxygen atoms in total. The summed E-state index contributed by atoms with van der Waals surface area (Å²) >= 11 is 12.4. The maximum atomic E-state index is 5.67. The highest BCUT2D eigenvalue weighted by molar-refractivity contribution is 7.80. The van der Waals surface area contributed by atoms with E-state index in [0.29, 0.717) is 46.2 Å². The lowest BCUT2D eigenvalue weighted by Crippen LogP contribution is -2.46. The van der Waals surface area contributed by atoms with Crippen LogP contribution in [-0.4, -0.2) is 134 Å². The zero-order valence-electron chi connectivity index (χ0n) is 33.1.